The van der Waals surface area contributed by atoms with Crippen molar-refractivity contribution in [3.63, 3.8) is 0 Å². The Bertz CT molecular complexity index is 1950. The molecular formula is C31H32F4N8O2S. The second-order valence-electron chi connectivity index (χ2n) is 13.4. The first-order valence-electron chi connectivity index (χ1n) is 15.8. The van der Waals surface area contributed by atoms with Crippen molar-refractivity contribution in [3.8, 4) is 17.3 Å². The predicted octanol–water partition coefficient (Wildman–Crippen LogP) is 4.27. The number of fused-ring (bicyclic) bond motifs is 5. The zero-order chi connectivity index (χ0) is 31.5. The molecule has 5 aliphatic rings. The van der Waals surface area contributed by atoms with Gasteiger partial charge in [-0.15, -0.1) is 0 Å². The summed E-state index contributed by atoms with van der Waals surface area (Å²) in [6.45, 7) is 2.76. The molecule has 4 aliphatic heterocycles. The molecule has 0 spiro atoms. The quantitative estimate of drug-likeness (QED) is 0.294. The number of nitrogens with one attached hydrogen (secondary N) is 1. The lowest BCUT2D eigenvalue weighted by molar-refractivity contribution is 0.100. The minimum atomic E-state index is -3.09. The molecule has 5 atom stereocenters. The summed E-state index contributed by atoms with van der Waals surface area (Å²) in [5.74, 6) is -3.27. The molecule has 3 unspecified atom stereocenters. The Morgan fingerprint density at radius 1 is 1.13 bits per heavy atom. The number of nitrogen functional groups attached to an aromatic ring is 1. The van der Waals surface area contributed by atoms with Crippen molar-refractivity contribution in [3.05, 3.63) is 34.4 Å². The summed E-state index contributed by atoms with van der Waals surface area (Å²) in [5.41, 5.74) is 5.72. The van der Waals surface area contributed by atoms with Crippen molar-refractivity contribution in [1.29, 1.82) is 0 Å². The van der Waals surface area contributed by atoms with Gasteiger partial charge in [0.05, 0.1) is 27.0 Å². The maximum absolute atomic E-state index is 14.8. The number of piperazine rings is 1. The molecule has 46 heavy (non-hydrogen) atoms. The van der Waals surface area contributed by atoms with Gasteiger partial charge in [-0.1, -0.05) is 11.3 Å². The Hall–Kier alpha value is -3.56. The Morgan fingerprint density at radius 3 is 2.67 bits per heavy atom. The van der Waals surface area contributed by atoms with E-state index < -0.39 is 41.5 Å². The fourth-order valence-electron chi connectivity index (χ4n) is 8.40. The third-order valence-corrected chi connectivity index (χ3v) is 11.5. The van der Waals surface area contributed by atoms with Crippen LogP contribution in [0.4, 0.5) is 28.5 Å². The zero-order valence-electron chi connectivity index (χ0n) is 24.8. The van der Waals surface area contributed by atoms with E-state index in [1.54, 1.807) is 6.07 Å². The van der Waals surface area contributed by atoms with Crippen LogP contribution in [0.1, 0.15) is 44.6 Å². The number of anilines is 2. The van der Waals surface area contributed by atoms with Gasteiger partial charge in [0.2, 0.25) is 0 Å². The van der Waals surface area contributed by atoms with Crippen LogP contribution in [0.15, 0.2) is 23.0 Å². The van der Waals surface area contributed by atoms with Gasteiger partial charge < -0.3 is 20.7 Å². The smallest absolute Gasteiger partial charge is 0.319 e. The number of halogens is 4. The Morgan fingerprint density at radius 2 is 1.91 bits per heavy atom. The maximum Gasteiger partial charge on any atom is 0.319 e. The predicted molar refractivity (Wildman–Crippen MR) is 166 cm³/mol. The summed E-state index contributed by atoms with van der Waals surface area (Å²) in [6.07, 6.45) is 2.48. The van der Waals surface area contributed by atoms with Crippen LogP contribution in [0.25, 0.3) is 32.4 Å². The second kappa shape index (κ2) is 9.97. The van der Waals surface area contributed by atoms with Gasteiger partial charge in [-0.3, -0.25) is 14.3 Å². The molecule has 5 fully saturated rings. The minimum Gasteiger partial charge on any atom is -0.461 e. The summed E-state index contributed by atoms with van der Waals surface area (Å²) >= 11 is 0.949. The number of pyridine rings is 1. The van der Waals surface area contributed by atoms with Gasteiger partial charge in [0, 0.05) is 50.1 Å². The minimum absolute atomic E-state index is 0.0472. The van der Waals surface area contributed by atoms with Crippen molar-refractivity contribution in [2.75, 3.05) is 43.4 Å². The number of alkyl halides is 3. The number of ether oxygens (including phenoxy) is 1. The average molecular weight is 657 g/mol. The Balaban J connectivity index is 1.25. The van der Waals surface area contributed by atoms with Crippen molar-refractivity contribution in [2.24, 2.45) is 0 Å². The number of thiazole rings is 1. The molecule has 3 aromatic heterocycles. The second-order valence-corrected chi connectivity index (χ2v) is 14.4. The summed E-state index contributed by atoms with van der Waals surface area (Å²) < 4.78 is 66.5. The lowest BCUT2D eigenvalue weighted by Crippen LogP contribution is -2.52. The maximum atomic E-state index is 14.8. The van der Waals surface area contributed by atoms with E-state index in [4.69, 9.17) is 20.4 Å². The molecule has 3 N–H and O–H groups in total. The number of rotatable bonds is 6. The SMILES string of the molecule is Nc1nc2c(-c3cc4nc(OC[C@@]56CCCN5C[C@H](F)C6)nc(N5C6CCC5CNC6)c4c(=O)n3C3CC3(F)F)ccc(F)c2s1. The van der Waals surface area contributed by atoms with Crippen LogP contribution in [0.5, 0.6) is 6.01 Å². The summed E-state index contributed by atoms with van der Waals surface area (Å²) in [5, 5.41) is 3.69. The lowest BCUT2D eigenvalue weighted by atomic mass is 9.95. The van der Waals surface area contributed by atoms with Gasteiger partial charge in [0.1, 0.15) is 35.8 Å². The number of nitrogens with two attached hydrogens (primary N) is 1. The molecule has 0 amide bonds. The standard InChI is InChI=1S/C31H32F4N8O2S/c32-15-9-30(6-1-7-41(30)13-15)14-45-29-38-20-8-21(18-4-5-19(33)25-24(18)39-28(36)46-25)43(22-10-31(22,34)35)27(44)23(20)26(40-29)42-16-2-3-17(42)12-37-11-16/h4-5,8,15-17,22,37H,1-3,6-7,9-14H2,(H2,36,39)/t15-,16?,17?,22?,30+/m1/s1. The van der Waals surface area contributed by atoms with Crippen LogP contribution in [0.3, 0.4) is 0 Å². The van der Waals surface area contributed by atoms with E-state index in [0.717, 1.165) is 48.1 Å². The molecule has 15 heteroatoms. The number of hydrogen-bond acceptors (Lipinski definition) is 10. The van der Waals surface area contributed by atoms with E-state index in [-0.39, 0.29) is 56.6 Å². The summed E-state index contributed by atoms with van der Waals surface area (Å²) in [6, 6.07) is 3.02. The molecule has 0 radical (unpaired) electrons. The molecule has 2 bridgehead atoms. The Kier molecular flexibility index (Phi) is 6.21. The fourth-order valence-corrected chi connectivity index (χ4v) is 9.17. The van der Waals surface area contributed by atoms with E-state index in [1.807, 2.05) is 0 Å². The highest BCUT2D eigenvalue weighted by Crippen LogP contribution is 2.54. The van der Waals surface area contributed by atoms with Crippen LogP contribution >= 0.6 is 11.3 Å². The molecule has 1 aliphatic carbocycles. The van der Waals surface area contributed by atoms with E-state index in [9.17, 15) is 22.4 Å². The van der Waals surface area contributed by atoms with Gasteiger partial charge >= 0.3 is 6.01 Å². The molecule has 4 saturated heterocycles. The van der Waals surface area contributed by atoms with Gasteiger partial charge in [0.15, 0.2) is 5.13 Å². The van der Waals surface area contributed by atoms with Crippen LogP contribution in [0, 0.1) is 5.82 Å². The average Bonchev–Trinajstić information content (AvgIpc) is 3.39. The van der Waals surface area contributed by atoms with E-state index >= 15 is 0 Å². The van der Waals surface area contributed by atoms with Crippen LogP contribution < -0.4 is 26.2 Å². The topological polar surface area (TPSA) is 114 Å². The molecule has 7 heterocycles. The fraction of sp³-hybridized carbons (Fsp3) is 0.548. The summed E-state index contributed by atoms with van der Waals surface area (Å²) in [4.78, 5) is 32.6. The van der Waals surface area contributed by atoms with Gasteiger partial charge in [0.25, 0.3) is 11.5 Å². The highest BCUT2D eigenvalue weighted by atomic mass is 32.1. The first kappa shape index (κ1) is 28.6. The lowest BCUT2D eigenvalue weighted by Gasteiger charge is -2.37. The van der Waals surface area contributed by atoms with E-state index in [0.29, 0.717) is 37.4 Å². The van der Waals surface area contributed by atoms with Gasteiger partial charge in [-0.25, -0.2) is 22.5 Å². The molecule has 1 saturated carbocycles. The van der Waals surface area contributed by atoms with Crippen LogP contribution in [-0.4, -0.2) is 86.9 Å². The van der Waals surface area contributed by atoms with Crippen molar-refractivity contribution < 1.29 is 22.3 Å². The molecule has 242 valence electrons. The molecule has 10 nitrogen and oxygen atoms in total. The molecular weight excluding hydrogens is 624 g/mol. The highest BCUT2D eigenvalue weighted by Gasteiger charge is 2.59. The number of hydrogen-bond donors (Lipinski definition) is 2. The first-order chi connectivity index (χ1) is 22.1. The largest absolute Gasteiger partial charge is 0.461 e. The number of aromatic nitrogens is 4. The number of nitrogens with zero attached hydrogens (tertiary/aromatic N) is 6. The van der Waals surface area contributed by atoms with E-state index in [1.165, 1.54) is 12.1 Å². The molecule has 4 aromatic rings. The summed E-state index contributed by atoms with van der Waals surface area (Å²) in [7, 11) is 0. The van der Waals surface area contributed by atoms with E-state index in [2.05, 4.69) is 20.1 Å². The Labute approximate surface area is 264 Å². The van der Waals surface area contributed by atoms with Gasteiger partial charge in [-0.2, -0.15) is 9.97 Å². The third kappa shape index (κ3) is 4.27. The first-order valence-corrected chi connectivity index (χ1v) is 16.6. The molecule has 1 aromatic carbocycles. The zero-order valence-corrected chi connectivity index (χ0v) is 25.6. The third-order valence-electron chi connectivity index (χ3n) is 10.6. The number of benzene rings is 1. The van der Waals surface area contributed by atoms with Crippen LogP contribution in [0.2, 0.25) is 0 Å². The van der Waals surface area contributed by atoms with Crippen LogP contribution in [-0.2, 0) is 0 Å². The monoisotopic (exact) mass is 656 g/mol. The van der Waals surface area contributed by atoms with Crippen molar-refractivity contribution >= 4 is 43.4 Å². The van der Waals surface area contributed by atoms with Crippen molar-refractivity contribution in [1.82, 2.24) is 29.7 Å². The van der Waals surface area contributed by atoms with Crippen molar-refractivity contribution in [2.45, 2.75) is 74.3 Å². The normalized spacial score (nSPS) is 30.0. The van der Waals surface area contributed by atoms with Gasteiger partial charge in [-0.05, 0) is 50.4 Å². The highest BCUT2D eigenvalue weighted by molar-refractivity contribution is 7.22. The molecule has 9 rings (SSSR count).